The van der Waals surface area contributed by atoms with Crippen LogP contribution in [0.25, 0.3) is 0 Å². The highest BCUT2D eigenvalue weighted by molar-refractivity contribution is 5.51. The van der Waals surface area contributed by atoms with Gasteiger partial charge in [0.05, 0.1) is 0 Å². The molecule has 0 spiro atoms. The summed E-state index contributed by atoms with van der Waals surface area (Å²) in [5, 5.41) is 0. The minimum Gasteiger partial charge on any atom is -0.368 e. The van der Waals surface area contributed by atoms with Crippen LogP contribution in [0, 0.1) is 13.8 Å². The van der Waals surface area contributed by atoms with E-state index in [0.717, 1.165) is 48.7 Å². The molecule has 2 aromatic heterocycles. The fourth-order valence-electron chi connectivity index (χ4n) is 2.95. The summed E-state index contributed by atoms with van der Waals surface area (Å²) < 4.78 is 0. The summed E-state index contributed by atoms with van der Waals surface area (Å²) in [7, 11) is 0. The Morgan fingerprint density at radius 3 is 2.45 bits per heavy atom. The lowest BCUT2D eigenvalue weighted by Crippen LogP contribution is -2.34. The molecule has 22 heavy (non-hydrogen) atoms. The molecule has 1 fully saturated rings. The monoisotopic (exact) mass is 299 g/mol. The average Bonchev–Trinajstić information content (AvgIpc) is 2.51. The molecule has 0 aliphatic carbocycles. The van der Waals surface area contributed by atoms with Gasteiger partial charge < -0.3 is 16.4 Å². The van der Waals surface area contributed by atoms with Gasteiger partial charge in [-0.1, -0.05) is 0 Å². The van der Waals surface area contributed by atoms with Crippen LogP contribution in [0.4, 0.5) is 17.7 Å². The topological polar surface area (TPSA) is 107 Å². The molecule has 0 amide bonds. The van der Waals surface area contributed by atoms with Crippen LogP contribution in [-0.2, 0) is 0 Å². The number of nitrogens with zero attached hydrogens (tertiary/aromatic N) is 5. The van der Waals surface area contributed by atoms with Crippen molar-refractivity contribution in [2.24, 2.45) is 0 Å². The van der Waals surface area contributed by atoms with Crippen molar-refractivity contribution in [3.63, 3.8) is 0 Å². The maximum Gasteiger partial charge on any atom is 0.222 e. The molecule has 0 atom stereocenters. The molecule has 1 saturated heterocycles. The first-order valence-corrected chi connectivity index (χ1v) is 7.48. The Hall–Kier alpha value is -2.44. The third-order valence-corrected chi connectivity index (χ3v) is 4.29. The minimum atomic E-state index is 0.337. The smallest absolute Gasteiger partial charge is 0.222 e. The summed E-state index contributed by atoms with van der Waals surface area (Å²) in [4.78, 5) is 19.2. The summed E-state index contributed by atoms with van der Waals surface area (Å²) in [5.41, 5.74) is 14.5. The van der Waals surface area contributed by atoms with Gasteiger partial charge in [-0.3, -0.25) is 0 Å². The lowest BCUT2D eigenvalue weighted by molar-refractivity contribution is 0.493. The van der Waals surface area contributed by atoms with Crippen LogP contribution in [0.5, 0.6) is 0 Å². The molecular weight excluding hydrogens is 278 g/mol. The average molecular weight is 299 g/mol. The van der Waals surface area contributed by atoms with Crippen molar-refractivity contribution in [2.75, 3.05) is 29.5 Å². The zero-order valence-corrected chi connectivity index (χ0v) is 13.0. The van der Waals surface area contributed by atoms with E-state index >= 15 is 0 Å². The van der Waals surface area contributed by atoms with Crippen LogP contribution in [0.15, 0.2) is 12.3 Å². The van der Waals surface area contributed by atoms with Crippen LogP contribution >= 0.6 is 0 Å². The van der Waals surface area contributed by atoms with Gasteiger partial charge in [-0.05, 0) is 32.8 Å². The Morgan fingerprint density at radius 1 is 1.05 bits per heavy atom. The molecule has 4 N–H and O–H groups in total. The third kappa shape index (κ3) is 2.79. The van der Waals surface area contributed by atoms with E-state index in [1.165, 1.54) is 0 Å². The van der Waals surface area contributed by atoms with Crippen molar-refractivity contribution in [3.8, 4) is 0 Å². The summed E-state index contributed by atoms with van der Waals surface area (Å²) in [5.74, 6) is 2.05. The highest BCUT2D eigenvalue weighted by atomic mass is 15.2. The maximum atomic E-state index is 5.79. The standard InChI is InChI=1S/C15H21N7/c1-9-10(2)19-15(17)21-13(9)22-7-4-11(5-8-22)12-3-6-18-14(16)20-12/h3,6,11H,4-5,7-8H2,1-2H3,(H2,16,18,20)(H2,17,19,21). The molecule has 1 aliphatic heterocycles. The van der Waals surface area contributed by atoms with Gasteiger partial charge in [0.15, 0.2) is 0 Å². The summed E-state index contributed by atoms with van der Waals surface area (Å²) in [6.07, 6.45) is 3.75. The molecule has 3 heterocycles. The van der Waals surface area contributed by atoms with E-state index in [2.05, 4.69) is 24.8 Å². The Kier molecular flexibility index (Phi) is 3.79. The maximum absolute atomic E-state index is 5.79. The molecule has 0 bridgehead atoms. The number of nitrogen functional groups attached to an aromatic ring is 2. The fraction of sp³-hybridized carbons (Fsp3) is 0.467. The van der Waals surface area contributed by atoms with Gasteiger partial charge in [-0.25, -0.2) is 15.0 Å². The predicted molar refractivity (Wildman–Crippen MR) is 86.6 cm³/mol. The second kappa shape index (κ2) is 5.75. The van der Waals surface area contributed by atoms with Crippen molar-refractivity contribution in [1.29, 1.82) is 0 Å². The molecule has 7 heteroatoms. The zero-order chi connectivity index (χ0) is 15.7. The first-order chi connectivity index (χ1) is 10.5. The SMILES string of the molecule is Cc1nc(N)nc(N2CCC(c3ccnc(N)n3)CC2)c1C. The largest absolute Gasteiger partial charge is 0.368 e. The van der Waals surface area contributed by atoms with E-state index < -0.39 is 0 Å². The van der Waals surface area contributed by atoms with Crippen LogP contribution in [0.1, 0.15) is 35.7 Å². The van der Waals surface area contributed by atoms with Crippen molar-refractivity contribution in [2.45, 2.75) is 32.6 Å². The molecule has 3 rings (SSSR count). The van der Waals surface area contributed by atoms with Crippen LogP contribution in [-0.4, -0.2) is 33.0 Å². The Bertz CT molecular complexity index is 678. The zero-order valence-electron chi connectivity index (χ0n) is 13.0. The van der Waals surface area contributed by atoms with E-state index in [-0.39, 0.29) is 0 Å². The van der Waals surface area contributed by atoms with Gasteiger partial charge in [0.25, 0.3) is 0 Å². The second-order valence-corrected chi connectivity index (χ2v) is 5.72. The highest BCUT2D eigenvalue weighted by Gasteiger charge is 2.24. The van der Waals surface area contributed by atoms with Gasteiger partial charge in [0.1, 0.15) is 5.82 Å². The number of aryl methyl sites for hydroxylation is 1. The van der Waals surface area contributed by atoms with E-state index in [1.54, 1.807) is 6.20 Å². The number of piperidine rings is 1. The number of rotatable bonds is 2. The van der Waals surface area contributed by atoms with Crippen LogP contribution in [0.2, 0.25) is 0 Å². The first-order valence-electron chi connectivity index (χ1n) is 7.48. The molecule has 116 valence electrons. The van der Waals surface area contributed by atoms with Gasteiger partial charge in [-0.15, -0.1) is 0 Å². The molecule has 2 aromatic rings. The third-order valence-electron chi connectivity index (χ3n) is 4.29. The second-order valence-electron chi connectivity index (χ2n) is 5.72. The van der Waals surface area contributed by atoms with Gasteiger partial charge >= 0.3 is 0 Å². The van der Waals surface area contributed by atoms with E-state index in [1.807, 2.05) is 19.9 Å². The van der Waals surface area contributed by atoms with Gasteiger partial charge in [0, 0.05) is 42.2 Å². The summed E-state index contributed by atoms with van der Waals surface area (Å²) >= 11 is 0. The number of nitrogens with two attached hydrogens (primary N) is 2. The van der Waals surface area contributed by atoms with Crippen molar-refractivity contribution >= 4 is 17.7 Å². The van der Waals surface area contributed by atoms with E-state index in [0.29, 0.717) is 17.8 Å². The fourth-order valence-corrected chi connectivity index (χ4v) is 2.95. The molecule has 0 radical (unpaired) electrons. The predicted octanol–water partition coefficient (Wildman–Crippen LogP) is 1.43. The Morgan fingerprint density at radius 2 is 1.77 bits per heavy atom. The summed E-state index contributed by atoms with van der Waals surface area (Å²) in [6, 6.07) is 1.95. The number of hydrogen-bond acceptors (Lipinski definition) is 7. The highest BCUT2D eigenvalue weighted by Crippen LogP contribution is 2.30. The lowest BCUT2D eigenvalue weighted by Gasteiger charge is -2.33. The summed E-state index contributed by atoms with van der Waals surface area (Å²) in [6.45, 7) is 5.85. The number of hydrogen-bond donors (Lipinski definition) is 2. The number of anilines is 3. The molecular formula is C15H21N7. The molecule has 7 nitrogen and oxygen atoms in total. The molecule has 0 aromatic carbocycles. The van der Waals surface area contributed by atoms with Crippen molar-refractivity contribution < 1.29 is 0 Å². The first kappa shape index (κ1) is 14.5. The lowest BCUT2D eigenvalue weighted by atomic mass is 9.93. The minimum absolute atomic E-state index is 0.337. The molecule has 1 aliphatic rings. The van der Waals surface area contributed by atoms with Crippen molar-refractivity contribution in [1.82, 2.24) is 19.9 Å². The van der Waals surface area contributed by atoms with Gasteiger partial charge in [0.2, 0.25) is 11.9 Å². The quantitative estimate of drug-likeness (QED) is 0.863. The van der Waals surface area contributed by atoms with Crippen molar-refractivity contribution in [3.05, 3.63) is 29.2 Å². The van der Waals surface area contributed by atoms with Crippen LogP contribution < -0.4 is 16.4 Å². The Labute approximate surface area is 129 Å². The van der Waals surface area contributed by atoms with E-state index in [4.69, 9.17) is 11.5 Å². The molecule has 0 unspecified atom stereocenters. The van der Waals surface area contributed by atoms with Gasteiger partial charge in [-0.2, -0.15) is 4.98 Å². The number of aromatic nitrogens is 4. The molecule has 0 saturated carbocycles. The van der Waals surface area contributed by atoms with E-state index in [9.17, 15) is 0 Å². The normalized spacial score (nSPS) is 16.0. The van der Waals surface area contributed by atoms with Crippen LogP contribution in [0.3, 0.4) is 0 Å². The Balaban J connectivity index is 1.75.